The van der Waals surface area contributed by atoms with Crippen molar-refractivity contribution < 1.29 is 28.2 Å². The van der Waals surface area contributed by atoms with Gasteiger partial charge in [-0.3, -0.25) is 9.88 Å². The average molecular weight is 518 g/mol. The number of hydrogen-bond donors (Lipinski definition) is 1. The van der Waals surface area contributed by atoms with E-state index in [0.717, 1.165) is 38.3 Å². The number of hydrogen-bond acceptors (Lipinski definition) is 8. The second kappa shape index (κ2) is 11.4. The van der Waals surface area contributed by atoms with E-state index in [1.165, 1.54) is 24.9 Å². The fraction of sp³-hybridized carbons (Fsp3) is 0.385. The number of carbonyl (C=O) groups is 1. The van der Waals surface area contributed by atoms with Gasteiger partial charge in [-0.2, -0.15) is 0 Å². The van der Waals surface area contributed by atoms with E-state index in [2.05, 4.69) is 16.8 Å². The summed E-state index contributed by atoms with van der Waals surface area (Å²) in [4.78, 5) is 22.6. The Balaban J connectivity index is 1.76. The van der Waals surface area contributed by atoms with Crippen LogP contribution in [-0.4, -0.2) is 72.8 Å². The fourth-order valence-corrected chi connectivity index (χ4v) is 5.02. The van der Waals surface area contributed by atoms with Crippen LogP contribution in [0.5, 0.6) is 11.5 Å². The largest absolute Gasteiger partial charge is 0.504 e. The Labute approximate surface area is 213 Å². The highest BCUT2D eigenvalue weighted by Crippen LogP contribution is 2.38. The zero-order chi connectivity index (χ0) is 25.8. The molecule has 10 heteroatoms. The highest BCUT2D eigenvalue weighted by molar-refractivity contribution is 7.98. The molecule has 0 aliphatic carbocycles. The van der Waals surface area contributed by atoms with Gasteiger partial charge in [-0.05, 0) is 38.2 Å². The number of pyridine rings is 1. The molecule has 1 N–H and O–H groups in total. The molecule has 0 unspecified atom stereocenters. The number of ether oxygens (including phenoxy) is 2. The normalized spacial score (nSPS) is 14.8. The molecule has 2 heterocycles. The maximum Gasteiger partial charge on any atom is 0.340 e. The molecule has 1 aliphatic rings. The fourth-order valence-electron chi connectivity index (χ4n) is 4.15. The quantitative estimate of drug-likeness (QED) is 0.347. The molecule has 1 fully saturated rings. The lowest BCUT2D eigenvalue weighted by Crippen LogP contribution is -2.43. The summed E-state index contributed by atoms with van der Waals surface area (Å²) in [6, 6.07) is 6.99. The number of benzene rings is 2. The Morgan fingerprint density at radius 2 is 1.89 bits per heavy atom. The van der Waals surface area contributed by atoms with Crippen LogP contribution in [0.1, 0.15) is 28.5 Å². The van der Waals surface area contributed by atoms with Crippen LogP contribution in [0.15, 0.2) is 35.2 Å². The third kappa shape index (κ3) is 5.71. The molecule has 1 aromatic heterocycles. The Hall–Kier alpha value is -2.95. The predicted molar refractivity (Wildman–Crippen MR) is 135 cm³/mol. The lowest BCUT2D eigenvalue weighted by Gasteiger charge is -2.32. The second-order valence-corrected chi connectivity index (χ2v) is 9.67. The van der Waals surface area contributed by atoms with Crippen molar-refractivity contribution in [3.8, 4) is 11.5 Å². The van der Waals surface area contributed by atoms with E-state index in [1.807, 2.05) is 0 Å². The molecular formula is C26H29F2N3O4S. The molecule has 7 nitrogen and oxygen atoms in total. The minimum absolute atomic E-state index is 0.0180. The number of phenols is 1. The number of piperazine rings is 1. The predicted octanol–water partition coefficient (Wildman–Crippen LogP) is 4.44. The molecule has 0 bridgehead atoms. The summed E-state index contributed by atoms with van der Waals surface area (Å²) >= 11 is 1.23. The van der Waals surface area contributed by atoms with Crippen molar-refractivity contribution in [3.63, 3.8) is 0 Å². The monoisotopic (exact) mass is 517 g/mol. The maximum atomic E-state index is 13.7. The molecule has 1 saturated heterocycles. The summed E-state index contributed by atoms with van der Waals surface area (Å²) in [5.74, 6) is -1.85. The summed E-state index contributed by atoms with van der Waals surface area (Å²) in [6.07, 6.45) is 0. The average Bonchev–Trinajstić information content (AvgIpc) is 2.87. The van der Waals surface area contributed by atoms with Crippen molar-refractivity contribution in [3.05, 3.63) is 58.8 Å². The van der Waals surface area contributed by atoms with Crippen molar-refractivity contribution >= 4 is 28.6 Å². The molecule has 1 aliphatic heterocycles. The summed E-state index contributed by atoms with van der Waals surface area (Å²) in [5, 5.41) is 11.6. The van der Waals surface area contributed by atoms with Gasteiger partial charge in [0.25, 0.3) is 0 Å². The van der Waals surface area contributed by atoms with Gasteiger partial charge in [0.2, 0.25) is 0 Å². The number of rotatable bonds is 8. The number of phenolic OH excluding ortho intramolecular Hbond substituents is 1. The zero-order valence-electron chi connectivity index (χ0n) is 20.5. The van der Waals surface area contributed by atoms with Crippen LogP contribution in [-0.2, 0) is 17.0 Å². The third-order valence-corrected chi connectivity index (χ3v) is 7.21. The molecule has 0 saturated carbocycles. The van der Waals surface area contributed by atoms with Gasteiger partial charge < -0.3 is 19.5 Å². The zero-order valence-corrected chi connectivity index (χ0v) is 21.3. The Kier molecular flexibility index (Phi) is 8.28. The minimum atomic E-state index is -0.939. The number of thioether (sulfide) groups is 1. The molecule has 4 rings (SSSR count). The van der Waals surface area contributed by atoms with Gasteiger partial charge in [0.15, 0.2) is 23.1 Å². The molecular weight excluding hydrogens is 488 g/mol. The lowest BCUT2D eigenvalue weighted by atomic mass is 10.0. The summed E-state index contributed by atoms with van der Waals surface area (Å²) in [6.45, 7) is 5.90. The number of esters is 1. The molecule has 0 atom stereocenters. The first-order valence-electron chi connectivity index (χ1n) is 11.7. The van der Waals surface area contributed by atoms with E-state index in [0.29, 0.717) is 39.4 Å². The van der Waals surface area contributed by atoms with Crippen LogP contribution < -0.4 is 4.74 Å². The topological polar surface area (TPSA) is 75.1 Å². The molecule has 36 heavy (non-hydrogen) atoms. The molecule has 3 aromatic rings. The highest BCUT2D eigenvalue weighted by atomic mass is 32.2. The molecule has 0 amide bonds. The number of fused-ring (bicyclic) bond motifs is 1. The van der Waals surface area contributed by atoms with Gasteiger partial charge in [-0.25, -0.2) is 13.6 Å². The van der Waals surface area contributed by atoms with Gasteiger partial charge in [-0.15, -0.1) is 11.8 Å². The number of nitrogens with zero attached hydrogens (tertiary/aromatic N) is 3. The lowest BCUT2D eigenvalue weighted by molar-refractivity contribution is 0.0525. The SMILES string of the molecule is CCOC(=O)c1cc2c(CN3CCN(C)CC3)c(O)c(OC)cc2nc1CSc1ccc(F)c(F)c1. The first-order valence-corrected chi connectivity index (χ1v) is 12.7. The van der Waals surface area contributed by atoms with E-state index in [1.54, 1.807) is 19.1 Å². The number of aromatic hydroxyl groups is 1. The first kappa shape index (κ1) is 26.1. The number of methoxy groups -OCH3 is 1. The Bertz CT molecular complexity index is 1270. The maximum absolute atomic E-state index is 13.7. The van der Waals surface area contributed by atoms with Crippen LogP contribution in [0, 0.1) is 11.6 Å². The number of carbonyl (C=O) groups excluding carboxylic acids is 1. The van der Waals surface area contributed by atoms with Crippen LogP contribution in [0.25, 0.3) is 10.9 Å². The first-order chi connectivity index (χ1) is 17.3. The summed E-state index contributed by atoms with van der Waals surface area (Å²) in [7, 11) is 3.55. The number of aromatic nitrogens is 1. The standard InChI is InChI=1S/C26H29F2N3O4S/c1-4-35-26(33)18-12-17-19(14-31-9-7-30(2)8-10-31)25(32)24(34-3)13-22(17)29-23(18)15-36-16-5-6-20(27)21(28)11-16/h5-6,11-13,32H,4,7-10,14-15H2,1-3H3. The Morgan fingerprint density at radius 1 is 1.14 bits per heavy atom. The smallest absolute Gasteiger partial charge is 0.340 e. The molecule has 192 valence electrons. The van der Waals surface area contributed by atoms with Crippen molar-refractivity contribution in [2.45, 2.75) is 24.1 Å². The molecule has 0 radical (unpaired) electrons. The third-order valence-electron chi connectivity index (χ3n) is 6.20. The van der Waals surface area contributed by atoms with E-state index in [9.17, 15) is 18.7 Å². The van der Waals surface area contributed by atoms with E-state index in [-0.39, 0.29) is 23.7 Å². The van der Waals surface area contributed by atoms with Gasteiger partial charge in [-0.1, -0.05) is 0 Å². The van der Waals surface area contributed by atoms with Gasteiger partial charge in [0.05, 0.1) is 30.5 Å². The van der Waals surface area contributed by atoms with Crippen molar-refractivity contribution in [2.24, 2.45) is 0 Å². The number of likely N-dealkylation sites (N-methyl/N-ethyl adjacent to an activating group) is 1. The van der Waals surface area contributed by atoms with Gasteiger partial charge in [0.1, 0.15) is 0 Å². The Morgan fingerprint density at radius 3 is 2.56 bits per heavy atom. The van der Waals surface area contributed by atoms with E-state index in [4.69, 9.17) is 14.5 Å². The van der Waals surface area contributed by atoms with Crippen molar-refractivity contribution in [2.75, 3.05) is 46.9 Å². The summed E-state index contributed by atoms with van der Waals surface area (Å²) in [5.41, 5.74) is 1.90. The van der Waals surface area contributed by atoms with Crippen LogP contribution in [0.2, 0.25) is 0 Å². The second-order valence-electron chi connectivity index (χ2n) is 8.62. The van der Waals surface area contributed by atoms with Crippen molar-refractivity contribution in [1.29, 1.82) is 0 Å². The number of halogens is 2. The highest BCUT2D eigenvalue weighted by Gasteiger charge is 2.23. The van der Waals surface area contributed by atoms with E-state index < -0.39 is 17.6 Å². The van der Waals surface area contributed by atoms with Gasteiger partial charge >= 0.3 is 5.97 Å². The van der Waals surface area contributed by atoms with Gasteiger partial charge in [0, 0.05) is 60.4 Å². The van der Waals surface area contributed by atoms with Crippen LogP contribution in [0.3, 0.4) is 0 Å². The van der Waals surface area contributed by atoms with E-state index >= 15 is 0 Å². The minimum Gasteiger partial charge on any atom is -0.504 e. The van der Waals surface area contributed by atoms with Crippen molar-refractivity contribution in [1.82, 2.24) is 14.8 Å². The molecule has 2 aromatic carbocycles. The summed E-state index contributed by atoms with van der Waals surface area (Å²) < 4.78 is 37.7. The van der Waals surface area contributed by atoms with Crippen LogP contribution in [0.4, 0.5) is 8.78 Å². The molecule has 0 spiro atoms. The van der Waals surface area contributed by atoms with Crippen LogP contribution >= 0.6 is 11.8 Å².